The Hall–Kier alpha value is -1.00. The van der Waals surface area contributed by atoms with E-state index in [1.807, 2.05) is 0 Å². The summed E-state index contributed by atoms with van der Waals surface area (Å²) in [4.78, 5) is 20.8. The fourth-order valence-electron chi connectivity index (χ4n) is 0.980. The quantitative estimate of drug-likeness (QED) is 0.815. The first-order chi connectivity index (χ1) is 6.20. The van der Waals surface area contributed by atoms with E-state index in [-0.39, 0.29) is 11.1 Å². The Labute approximate surface area is 83.5 Å². The molecule has 0 aliphatic carbocycles. The van der Waals surface area contributed by atoms with Gasteiger partial charge in [0.1, 0.15) is 6.10 Å². The van der Waals surface area contributed by atoms with Crippen molar-refractivity contribution in [3.63, 3.8) is 0 Å². The smallest absolute Gasteiger partial charge is 0.234 e. The van der Waals surface area contributed by atoms with Crippen molar-refractivity contribution in [2.24, 2.45) is 0 Å². The molecule has 1 radical (unpaired) electrons. The number of carbonyl (C=O) groups excluding carboxylic acids is 2. The summed E-state index contributed by atoms with van der Waals surface area (Å²) < 4.78 is 0.550. The van der Waals surface area contributed by atoms with E-state index >= 15 is 0 Å². The molecular formula is C9H6BrO3. The number of hydrogen-bond acceptors (Lipinski definition) is 3. The first-order valence-electron chi connectivity index (χ1n) is 3.50. The van der Waals surface area contributed by atoms with Gasteiger partial charge in [-0.25, -0.2) is 0 Å². The van der Waals surface area contributed by atoms with Crippen LogP contribution in [0.4, 0.5) is 0 Å². The van der Waals surface area contributed by atoms with Gasteiger partial charge in [0.05, 0.1) is 0 Å². The summed E-state index contributed by atoms with van der Waals surface area (Å²) in [5.41, 5.74) is 0.540. The SMILES string of the molecule is O=[C]C(O)c1cccc(Br)c1C=O. The summed E-state index contributed by atoms with van der Waals surface area (Å²) >= 11 is 3.13. The van der Waals surface area contributed by atoms with E-state index in [4.69, 9.17) is 5.11 Å². The average molecular weight is 242 g/mol. The first kappa shape index (κ1) is 10.1. The molecule has 4 heteroatoms. The lowest BCUT2D eigenvalue weighted by Gasteiger charge is -2.06. The molecule has 1 N–H and O–H groups in total. The van der Waals surface area contributed by atoms with Gasteiger partial charge in [0, 0.05) is 15.6 Å². The number of halogens is 1. The zero-order chi connectivity index (χ0) is 9.84. The number of carbonyl (C=O) groups is 1. The van der Waals surface area contributed by atoms with Crippen molar-refractivity contribution in [3.05, 3.63) is 33.8 Å². The molecule has 0 aliphatic heterocycles. The molecule has 0 spiro atoms. The number of benzene rings is 1. The number of hydrogen-bond donors (Lipinski definition) is 1. The number of rotatable bonds is 3. The van der Waals surface area contributed by atoms with Crippen LogP contribution in [0.25, 0.3) is 0 Å². The molecule has 0 fully saturated rings. The van der Waals surface area contributed by atoms with Crippen molar-refractivity contribution in [3.8, 4) is 0 Å². The molecule has 13 heavy (non-hydrogen) atoms. The highest BCUT2D eigenvalue weighted by molar-refractivity contribution is 9.10. The Kier molecular flexibility index (Phi) is 3.33. The van der Waals surface area contributed by atoms with Crippen molar-refractivity contribution >= 4 is 28.5 Å². The summed E-state index contributed by atoms with van der Waals surface area (Å²) in [6, 6.07) is 4.79. The van der Waals surface area contributed by atoms with E-state index in [0.717, 1.165) is 0 Å². The number of aliphatic hydroxyl groups excluding tert-OH is 1. The highest BCUT2D eigenvalue weighted by Crippen LogP contribution is 2.22. The predicted molar refractivity (Wildman–Crippen MR) is 50.2 cm³/mol. The molecule has 1 atom stereocenters. The molecular weight excluding hydrogens is 236 g/mol. The van der Waals surface area contributed by atoms with E-state index in [9.17, 15) is 9.59 Å². The van der Waals surface area contributed by atoms with E-state index in [0.29, 0.717) is 10.8 Å². The van der Waals surface area contributed by atoms with Gasteiger partial charge in [-0.3, -0.25) is 9.59 Å². The van der Waals surface area contributed by atoms with Gasteiger partial charge in [-0.1, -0.05) is 28.1 Å². The molecule has 1 aromatic carbocycles. The second kappa shape index (κ2) is 4.30. The molecule has 0 bridgehead atoms. The third-order valence-corrected chi connectivity index (χ3v) is 2.30. The lowest BCUT2D eigenvalue weighted by atomic mass is 10.0. The zero-order valence-electron chi connectivity index (χ0n) is 6.53. The van der Waals surface area contributed by atoms with Gasteiger partial charge in [0.15, 0.2) is 6.29 Å². The van der Waals surface area contributed by atoms with Gasteiger partial charge in [0.2, 0.25) is 6.29 Å². The van der Waals surface area contributed by atoms with Crippen LogP contribution >= 0.6 is 15.9 Å². The molecule has 0 heterocycles. The molecule has 1 unspecified atom stereocenters. The summed E-state index contributed by atoms with van der Waals surface area (Å²) in [7, 11) is 0. The van der Waals surface area contributed by atoms with E-state index in [2.05, 4.69) is 15.9 Å². The Morgan fingerprint density at radius 1 is 1.54 bits per heavy atom. The average Bonchev–Trinajstić information content (AvgIpc) is 2.16. The lowest BCUT2D eigenvalue weighted by molar-refractivity contribution is 0.111. The summed E-state index contributed by atoms with van der Waals surface area (Å²) in [6.45, 7) is 0. The second-order valence-corrected chi connectivity index (χ2v) is 3.24. The molecule has 1 rings (SSSR count). The standard InChI is InChI=1S/C9H6BrO3/c10-8-3-1-2-6(7(8)4-11)9(13)5-12/h1-4,9,13H. The van der Waals surface area contributed by atoms with Gasteiger partial charge in [-0.15, -0.1) is 0 Å². The summed E-state index contributed by atoms with van der Waals surface area (Å²) in [5, 5.41) is 9.16. The van der Waals surface area contributed by atoms with Crippen molar-refractivity contribution in [2.75, 3.05) is 0 Å². The monoisotopic (exact) mass is 241 g/mol. The largest absolute Gasteiger partial charge is 0.380 e. The fraction of sp³-hybridized carbons (Fsp3) is 0.111. The molecule has 67 valence electrons. The Bertz CT molecular complexity index is 336. The zero-order valence-corrected chi connectivity index (χ0v) is 8.11. The molecule has 1 aromatic rings. The Balaban J connectivity index is 3.27. The lowest BCUT2D eigenvalue weighted by Crippen LogP contribution is -2.02. The molecule has 0 amide bonds. The van der Waals surface area contributed by atoms with Crippen molar-refractivity contribution < 1.29 is 14.7 Å². The van der Waals surface area contributed by atoms with Gasteiger partial charge in [0.25, 0.3) is 0 Å². The molecule has 0 aromatic heterocycles. The van der Waals surface area contributed by atoms with E-state index < -0.39 is 6.10 Å². The maximum absolute atomic E-state index is 10.6. The third-order valence-electron chi connectivity index (χ3n) is 1.61. The molecule has 0 saturated heterocycles. The topological polar surface area (TPSA) is 54.4 Å². The van der Waals surface area contributed by atoms with Crippen molar-refractivity contribution in [1.82, 2.24) is 0 Å². The highest BCUT2D eigenvalue weighted by atomic mass is 79.9. The van der Waals surface area contributed by atoms with Gasteiger partial charge < -0.3 is 5.11 Å². The highest BCUT2D eigenvalue weighted by Gasteiger charge is 2.13. The van der Waals surface area contributed by atoms with Crippen molar-refractivity contribution in [2.45, 2.75) is 6.10 Å². The third kappa shape index (κ3) is 2.02. The molecule has 0 saturated carbocycles. The second-order valence-electron chi connectivity index (χ2n) is 2.38. The van der Waals surface area contributed by atoms with Crippen LogP contribution in [-0.4, -0.2) is 17.7 Å². The van der Waals surface area contributed by atoms with Crippen molar-refractivity contribution in [1.29, 1.82) is 0 Å². The van der Waals surface area contributed by atoms with E-state index in [1.54, 1.807) is 12.1 Å². The predicted octanol–water partition coefficient (Wildman–Crippen LogP) is 1.40. The normalized spacial score (nSPS) is 12.2. The van der Waals surface area contributed by atoms with Gasteiger partial charge in [-0.05, 0) is 6.07 Å². The Morgan fingerprint density at radius 2 is 2.23 bits per heavy atom. The fourth-order valence-corrected chi connectivity index (χ4v) is 1.45. The maximum atomic E-state index is 10.6. The van der Waals surface area contributed by atoms with Gasteiger partial charge >= 0.3 is 0 Å². The molecule has 0 aliphatic rings. The maximum Gasteiger partial charge on any atom is 0.234 e. The van der Waals surface area contributed by atoms with Crippen LogP contribution in [0.3, 0.4) is 0 Å². The van der Waals surface area contributed by atoms with Crippen LogP contribution in [0, 0.1) is 0 Å². The summed E-state index contributed by atoms with van der Waals surface area (Å²) in [5.74, 6) is 0. The van der Waals surface area contributed by atoms with Crippen LogP contribution < -0.4 is 0 Å². The van der Waals surface area contributed by atoms with Crippen LogP contribution in [0.5, 0.6) is 0 Å². The van der Waals surface area contributed by atoms with Gasteiger partial charge in [-0.2, -0.15) is 0 Å². The van der Waals surface area contributed by atoms with Crippen LogP contribution in [0.15, 0.2) is 22.7 Å². The summed E-state index contributed by atoms with van der Waals surface area (Å²) in [6.07, 6.45) is 0.629. The van der Waals surface area contributed by atoms with Crippen LogP contribution in [0.1, 0.15) is 22.0 Å². The number of aliphatic hydroxyl groups is 1. The van der Waals surface area contributed by atoms with E-state index in [1.165, 1.54) is 12.4 Å². The minimum Gasteiger partial charge on any atom is -0.380 e. The minimum absolute atomic E-state index is 0.263. The van der Waals surface area contributed by atoms with Crippen LogP contribution in [-0.2, 0) is 4.79 Å². The first-order valence-corrected chi connectivity index (χ1v) is 4.29. The molecule has 3 nitrogen and oxygen atoms in total. The Morgan fingerprint density at radius 3 is 2.77 bits per heavy atom. The number of aldehydes is 1. The minimum atomic E-state index is -1.36. The van der Waals surface area contributed by atoms with Crippen LogP contribution in [0.2, 0.25) is 0 Å².